The van der Waals surface area contributed by atoms with Crippen LogP contribution in [0.1, 0.15) is 22.0 Å². The summed E-state index contributed by atoms with van der Waals surface area (Å²) in [6.07, 6.45) is -0.640. The summed E-state index contributed by atoms with van der Waals surface area (Å²) in [6, 6.07) is 21.5. The van der Waals surface area contributed by atoms with Gasteiger partial charge in [-0.3, -0.25) is 0 Å². The van der Waals surface area contributed by atoms with Crippen LogP contribution in [0, 0.1) is 0 Å². The lowest BCUT2D eigenvalue weighted by molar-refractivity contribution is 0.0697. The van der Waals surface area contributed by atoms with Crippen LogP contribution in [0.4, 0.5) is 0 Å². The Hall–Kier alpha value is -2.86. The maximum atomic E-state index is 11.2. The van der Waals surface area contributed by atoms with E-state index in [9.17, 15) is 9.90 Å². The standard InChI is InChI=1S/C23H22ClNO4/c24-20-8-2-6-18(13-20)22(26)15-25-10-11-29-21-9-3-5-17(14-21)16-4-1-7-19(12-16)23(27)28/h1-9,12-14,22,25-26H,10-11,15H2,(H,27,28)/t22-/m0/s1. The smallest absolute Gasteiger partial charge is 0.335 e. The highest BCUT2D eigenvalue weighted by Gasteiger charge is 2.08. The van der Waals surface area contributed by atoms with Crippen molar-refractivity contribution in [3.05, 3.63) is 88.9 Å². The number of carbonyl (C=O) groups is 1. The summed E-state index contributed by atoms with van der Waals surface area (Å²) in [5.41, 5.74) is 2.71. The summed E-state index contributed by atoms with van der Waals surface area (Å²) < 4.78 is 5.77. The Labute approximate surface area is 174 Å². The van der Waals surface area contributed by atoms with Crippen molar-refractivity contribution in [3.63, 3.8) is 0 Å². The van der Waals surface area contributed by atoms with Gasteiger partial charge >= 0.3 is 5.97 Å². The van der Waals surface area contributed by atoms with E-state index >= 15 is 0 Å². The maximum absolute atomic E-state index is 11.2. The van der Waals surface area contributed by atoms with E-state index in [2.05, 4.69) is 5.32 Å². The first-order chi connectivity index (χ1) is 14.0. The van der Waals surface area contributed by atoms with Gasteiger partial charge in [-0.05, 0) is 53.1 Å². The van der Waals surface area contributed by atoms with Crippen LogP contribution in [0.15, 0.2) is 72.8 Å². The third-order valence-corrected chi connectivity index (χ3v) is 4.63. The van der Waals surface area contributed by atoms with Crippen LogP contribution >= 0.6 is 11.6 Å². The van der Waals surface area contributed by atoms with Gasteiger partial charge in [0.15, 0.2) is 0 Å². The molecule has 0 bridgehead atoms. The minimum Gasteiger partial charge on any atom is -0.492 e. The lowest BCUT2D eigenvalue weighted by Crippen LogP contribution is -2.26. The monoisotopic (exact) mass is 411 g/mol. The molecule has 3 rings (SSSR count). The Morgan fingerprint density at radius 1 is 1.00 bits per heavy atom. The molecule has 5 nitrogen and oxygen atoms in total. The van der Waals surface area contributed by atoms with Gasteiger partial charge in [-0.2, -0.15) is 0 Å². The molecule has 0 unspecified atom stereocenters. The third kappa shape index (κ3) is 6.06. The molecule has 0 fully saturated rings. The van der Waals surface area contributed by atoms with Crippen LogP contribution in [0.5, 0.6) is 5.75 Å². The van der Waals surface area contributed by atoms with E-state index in [-0.39, 0.29) is 5.56 Å². The molecule has 0 heterocycles. The molecule has 0 saturated carbocycles. The molecule has 1 atom stereocenters. The Morgan fingerprint density at radius 3 is 2.48 bits per heavy atom. The van der Waals surface area contributed by atoms with Crippen molar-refractivity contribution in [1.82, 2.24) is 5.32 Å². The first kappa shape index (κ1) is 20.9. The SMILES string of the molecule is O=C(O)c1cccc(-c2cccc(OCCNC[C@H](O)c3cccc(Cl)c3)c2)c1. The number of carboxylic acids is 1. The van der Waals surface area contributed by atoms with E-state index < -0.39 is 12.1 Å². The molecule has 0 radical (unpaired) electrons. The van der Waals surface area contributed by atoms with Crippen LogP contribution < -0.4 is 10.1 Å². The van der Waals surface area contributed by atoms with Crippen LogP contribution in [0.3, 0.4) is 0 Å². The van der Waals surface area contributed by atoms with E-state index in [1.54, 1.807) is 30.3 Å². The van der Waals surface area contributed by atoms with Crippen molar-refractivity contribution in [1.29, 1.82) is 0 Å². The fraction of sp³-hybridized carbons (Fsp3) is 0.174. The predicted molar refractivity (Wildman–Crippen MR) is 114 cm³/mol. The molecule has 0 aromatic heterocycles. The zero-order valence-corrected chi connectivity index (χ0v) is 16.5. The molecule has 3 N–H and O–H groups in total. The van der Waals surface area contributed by atoms with Gasteiger partial charge < -0.3 is 20.3 Å². The van der Waals surface area contributed by atoms with Gasteiger partial charge in [0, 0.05) is 18.1 Å². The second-order valence-electron chi connectivity index (χ2n) is 6.54. The number of aromatic carboxylic acids is 1. The molecule has 0 aliphatic carbocycles. The minimum absolute atomic E-state index is 0.247. The van der Waals surface area contributed by atoms with Crippen molar-refractivity contribution in [2.24, 2.45) is 0 Å². The van der Waals surface area contributed by atoms with Crippen LogP contribution in [-0.4, -0.2) is 35.9 Å². The molecule has 3 aromatic rings. The number of carboxylic acid groups (broad SMARTS) is 1. The number of hydrogen-bond donors (Lipinski definition) is 3. The lowest BCUT2D eigenvalue weighted by atomic mass is 10.0. The molecule has 6 heteroatoms. The van der Waals surface area contributed by atoms with Gasteiger partial charge in [0.1, 0.15) is 12.4 Å². The zero-order valence-electron chi connectivity index (χ0n) is 15.7. The largest absolute Gasteiger partial charge is 0.492 e. The molecule has 0 saturated heterocycles. The molecule has 0 spiro atoms. The summed E-state index contributed by atoms with van der Waals surface area (Å²) in [7, 11) is 0. The van der Waals surface area contributed by atoms with Gasteiger partial charge in [0.25, 0.3) is 0 Å². The number of rotatable bonds is 9. The number of hydrogen-bond acceptors (Lipinski definition) is 4. The number of ether oxygens (including phenoxy) is 1. The maximum Gasteiger partial charge on any atom is 0.335 e. The van der Waals surface area contributed by atoms with Gasteiger partial charge in [-0.1, -0.05) is 48.0 Å². The van der Waals surface area contributed by atoms with Crippen LogP contribution in [0.2, 0.25) is 5.02 Å². The molecule has 0 aliphatic heterocycles. The highest BCUT2D eigenvalue weighted by Crippen LogP contribution is 2.24. The molecule has 0 amide bonds. The second-order valence-corrected chi connectivity index (χ2v) is 6.97. The van der Waals surface area contributed by atoms with E-state index in [0.717, 1.165) is 16.7 Å². The summed E-state index contributed by atoms with van der Waals surface area (Å²) in [5.74, 6) is -0.259. The normalized spacial score (nSPS) is 11.8. The zero-order chi connectivity index (χ0) is 20.6. The summed E-state index contributed by atoms with van der Waals surface area (Å²) >= 11 is 5.94. The quantitative estimate of drug-likeness (QED) is 0.454. The molecular formula is C23H22ClNO4. The van der Waals surface area contributed by atoms with E-state index in [1.165, 1.54) is 0 Å². The van der Waals surface area contributed by atoms with Gasteiger partial charge in [0.2, 0.25) is 0 Å². The van der Waals surface area contributed by atoms with Crippen LogP contribution in [-0.2, 0) is 0 Å². The molecule has 3 aromatic carbocycles. The minimum atomic E-state index is -0.953. The summed E-state index contributed by atoms with van der Waals surface area (Å²) in [4.78, 5) is 11.2. The molecule has 29 heavy (non-hydrogen) atoms. The van der Waals surface area contributed by atoms with Crippen molar-refractivity contribution in [2.45, 2.75) is 6.10 Å². The number of benzene rings is 3. The molecular weight excluding hydrogens is 390 g/mol. The Balaban J connectivity index is 1.50. The highest BCUT2D eigenvalue weighted by atomic mass is 35.5. The fourth-order valence-corrected chi connectivity index (χ4v) is 3.11. The highest BCUT2D eigenvalue weighted by molar-refractivity contribution is 6.30. The third-order valence-electron chi connectivity index (χ3n) is 4.40. The lowest BCUT2D eigenvalue weighted by Gasteiger charge is -2.13. The average molecular weight is 412 g/mol. The van der Waals surface area contributed by atoms with E-state index in [0.29, 0.717) is 30.5 Å². The summed E-state index contributed by atoms with van der Waals surface area (Å²) in [5, 5.41) is 23.1. The van der Waals surface area contributed by atoms with Gasteiger partial charge in [0.05, 0.1) is 11.7 Å². The predicted octanol–water partition coefficient (Wildman–Crippen LogP) is 4.41. The van der Waals surface area contributed by atoms with E-state index in [4.69, 9.17) is 21.4 Å². The first-order valence-electron chi connectivity index (χ1n) is 9.24. The van der Waals surface area contributed by atoms with Crippen molar-refractivity contribution < 1.29 is 19.7 Å². The molecule has 150 valence electrons. The fourth-order valence-electron chi connectivity index (χ4n) is 2.91. The Morgan fingerprint density at radius 2 is 1.72 bits per heavy atom. The molecule has 0 aliphatic rings. The first-order valence-corrected chi connectivity index (χ1v) is 9.61. The second kappa shape index (κ2) is 10.1. The number of nitrogens with one attached hydrogen (secondary N) is 1. The van der Waals surface area contributed by atoms with Gasteiger partial charge in [-0.15, -0.1) is 0 Å². The van der Waals surface area contributed by atoms with E-state index in [1.807, 2.05) is 42.5 Å². The van der Waals surface area contributed by atoms with Crippen molar-refractivity contribution in [3.8, 4) is 16.9 Å². The number of aliphatic hydroxyl groups is 1. The van der Waals surface area contributed by atoms with Gasteiger partial charge in [-0.25, -0.2) is 4.79 Å². The van der Waals surface area contributed by atoms with Crippen molar-refractivity contribution in [2.75, 3.05) is 19.7 Å². The number of halogens is 1. The topological polar surface area (TPSA) is 78.8 Å². The Bertz CT molecular complexity index is 976. The summed E-state index contributed by atoms with van der Waals surface area (Å²) in [6.45, 7) is 1.39. The Kier molecular flexibility index (Phi) is 7.25. The van der Waals surface area contributed by atoms with Crippen LogP contribution in [0.25, 0.3) is 11.1 Å². The average Bonchev–Trinajstić information content (AvgIpc) is 2.73. The van der Waals surface area contributed by atoms with Crippen molar-refractivity contribution >= 4 is 17.6 Å². The number of aliphatic hydroxyl groups excluding tert-OH is 1.